The molecule has 1 fully saturated rings. The fourth-order valence-corrected chi connectivity index (χ4v) is 1.53. The normalized spacial score (nSPS) is 18.6. The fourth-order valence-electron chi connectivity index (χ4n) is 1.53. The zero-order chi connectivity index (χ0) is 9.76. The van der Waals surface area contributed by atoms with Gasteiger partial charge in [-0.25, -0.2) is 9.97 Å². The summed E-state index contributed by atoms with van der Waals surface area (Å²) in [5.41, 5.74) is 13.0. The molecule has 0 atom stereocenters. The summed E-state index contributed by atoms with van der Waals surface area (Å²) in [6, 6.07) is 0. The van der Waals surface area contributed by atoms with Crippen LogP contribution in [-0.2, 0) is 5.54 Å². The van der Waals surface area contributed by atoms with Gasteiger partial charge in [-0.3, -0.25) is 4.40 Å². The second-order valence-electron chi connectivity index (χ2n) is 3.88. The SMILES string of the molecule is Nc1cnc2nc(C3(N)CC3)cn2c1. The average molecular weight is 189 g/mol. The van der Waals surface area contributed by atoms with Crippen LogP contribution in [-0.4, -0.2) is 14.4 Å². The highest BCUT2D eigenvalue weighted by Gasteiger charge is 2.42. The lowest BCUT2D eigenvalue weighted by molar-refractivity contribution is 0.715. The van der Waals surface area contributed by atoms with Crippen molar-refractivity contribution >= 4 is 11.5 Å². The van der Waals surface area contributed by atoms with Crippen molar-refractivity contribution in [1.82, 2.24) is 14.4 Å². The van der Waals surface area contributed by atoms with Crippen molar-refractivity contribution in [2.75, 3.05) is 5.73 Å². The maximum atomic E-state index is 6.03. The predicted octanol–water partition coefficient (Wildman–Crippen LogP) is 0.259. The van der Waals surface area contributed by atoms with Gasteiger partial charge in [-0.15, -0.1) is 0 Å². The molecule has 2 aromatic heterocycles. The molecular formula is C9H11N5. The quantitative estimate of drug-likeness (QED) is 0.674. The Hall–Kier alpha value is -1.62. The van der Waals surface area contributed by atoms with Crippen LogP contribution < -0.4 is 11.5 Å². The van der Waals surface area contributed by atoms with E-state index < -0.39 is 0 Å². The van der Waals surface area contributed by atoms with Crippen LogP contribution in [0.1, 0.15) is 18.5 Å². The summed E-state index contributed by atoms with van der Waals surface area (Å²) in [7, 11) is 0. The Morgan fingerprint density at radius 1 is 1.36 bits per heavy atom. The fraction of sp³-hybridized carbons (Fsp3) is 0.333. The van der Waals surface area contributed by atoms with E-state index in [0.717, 1.165) is 18.5 Å². The van der Waals surface area contributed by atoms with E-state index in [0.29, 0.717) is 11.5 Å². The van der Waals surface area contributed by atoms with Gasteiger partial charge in [0.15, 0.2) is 0 Å². The van der Waals surface area contributed by atoms with Crippen molar-refractivity contribution in [3.8, 4) is 0 Å². The standard InChI is InChI=1S/C9H11N5/c10-6-3-12-8-13-7(5-14(8)4-6)9(11)1-2-9/h3-5H,1-2,10-11H2. The lowest BCUT2D eigenvalue weighted by Crippen LogP contribution is -2.18. The molecular weight excluding hydrogens is 178 g/mol. The third-order valence-electron chi connectivity index (χ3n) is 2.63. The molecule has 0 aliphatic heterocycles. The molecule has 2 aromatic rings. The molecule has 14 heavy (non-hydrogen) atoms. The minimum atomic E-state index is -0.206. The molecule has 0 aromatic carbocycles. The summed E-state index contributed by atoms with van der Waals surface area (Å²) in [5.74, 6) is 0.658. The van der Waals surface area contributed by atoms with E-state index in [-0.39, 0.29) is 5.54 Å². The molecule has 0 radical (unpaired) electrons. The summed E-state index contributed by atoms with van der Waals surface area (Å²) >= 11 is 0. The summed E-state index contributed by atoms with van der Waals surface area (Å²) in [4.78, 5) is 8.47. The Morgan fingerprint density at radius 2 is 2.14 bits per heavy atom. The molecule has 0 bridgehead atoms. The van der Waals surface area contributed by atoms with Crippen LogP contribution in [0.15, 0.2) is 18.6 Å². The smallest absolute Gasteiger partial charge is 0.234 e. The number of nitrogens with two attached hydrogens (primary N) is 2. The van der Waals surface area contributed by atoms with Crippen molar-refractivity contribution in [1.29, 1.82) is 0 Å². The lowest BCUT2D eigenvalue weighted by Gasteiger charge is -2.00. The molecule has 1 saturated carbocycles. The van der Waals surface area contributed by atoms with E-state index in [1.54, 1.807) is 12.4 Å². The maximum Gasteiger partial charge on any atom is 0.234 e. The Bertz CT molecular complexity index is 497. The number of aromatic nitrogens is 3. The van der Waals surface area contributed by atoms with Gasteiger partial charge < -0.3 is 11.5 Å². The highest BCUT2D eigenvalue weighted by Crippen LogP contribution is 2.41. The van der Waals surface area contributed by atoms with Gasteiger partial charge in [0.2, 0.25) is 5.78 Å². The molecule has 3 rings (SSSR count). The first-order chi connectivity index (χ1) is 6.67. The molecule has 5 nitrogen and oxygen atoms in total. The molecule has 0 amide bonds. The molecule has 4 N–H and O–H groups in total. The molecule has 1 aliphatic rings. The predicted molar refractivity (Wildman–Crippen MR) is 52.5 cm³/mol. The van der Waals surface area contributed by atoms with Crippen LogP contribution in [0.25, 0.3) is 5.78 Å². The summed E-state index contributed by atoms with van der Waals surface area (Å²) in [6.07, 6.45) is 7.32. The Labute approximate surface area is 80.8 Å². The first-order valence-electron chi connectivity index (χ1n) is 4.57. The number of hydrogen-bond donors (Lipinski definition) is 2. The van der Waals surface area contributed by atoms with E-state index in [4.69, 9.17) is 11.5 Å². The van der Waals surface area contributed by atoms with Gasteiger partial charge in [0.1, 0.15) is 0 Å². The Kier molecular flexibility index (Phi) is 1.24. The third-order valence-corrected chi connectivity index (χ3v) is 2.63. The number of fused-ring (bicyclic) bond motifs is 1. The summed E-state index contributed by atoms with van der Waals surface area (Å²) < 4.78 is 1.82. The van der Waals surface area contributed by atoms with E-state index in [1.807, 2.05) is 10.6 Å². The monoisotopic (exact) mass is 189 g/mol. The van der Waals surface area contributed by atoms with Crippen molar-refractivity contribution in [3.05, 3.63) is 24.3 Å². The number of imidazole rings is 1. The van der Waals surface area contributed by atoms with E-state index >= 15 is 0 Å². The van der Waals surface area contributed by atoms with Crippen LogP contribution in [0.4, 0.5) is 5.69 Å². The second-order valence-corrected chi connectivity index (χ2v) is 3.88. The van der Waals surface area contributed by atoms with E-state index in [2.05, 4.69) is 9.97 Å². The van der Waals surface area contributed by atoms with Crippen LogP contribution in [0, 0.1) is 0 Å². The van der Waals surface area contributed by atoms with Gasteiger partial charge in [0.25, 0.3) is 0 Å². The molecule has 5 heteroatoms. The van der Waals surface area contributed by atoms with Crippen LogP contribution >= 0.6 is 0 Å². The molecule has 1 aliphatic carbocycles. The highest BCUT2D eigenvalue weighted by atomic mass is 15.1. The van der Waals surface area contributed by atoms with E-state index in [9.17, 15) is 0 Å². The summed E-state index contributed by atoms with van der Waals surface area (Å²) in [5, 5.41) is 0. The molecule has 72 valence electrons. The minimum Gasteiger partial charge on any atom is -0.396 e. The van der Waals surface area contributed by atoms with Gasteiger partial charge in [0, 0.05) is 12.4 Å². The number of nitrogen functional groups attached to an aromatic ring is 1. The Balaban J connectivity index is 2.20. The van der Waals surface area contributed by atoms with Crippen LogP contribution in [0.5, 0.6) is 0 Å². The van der Waals surface area contributed by atoms with Crippen LogP contribution in [0.2, 0.25) is 0 Å². The zero-order valence-electron chi connectivity index (χ0n) is 7.64. The maximum absolute atomic E-state index is 6.03. The van der Waals surface area contributed by atoms with Crippen molar-refractivity contribution in [2.45, 2.75) is 18.4 Å². The van der Waals surface area contributed by atoms with Gasteiger partial charge in [-0.05, 0) is 12.8 Å². The minimum absolute atomic E-state index is 0.206. The molecule has 0 saturated heterocycles. The van der Waals surface area contributed by atoms with Crippen molar-refractivity contribution < 1.29 is 0 Å². The van der Waals surface area contributed by atoms with Gasteiger partial charge >= 0.3 is 0 Å². The zero-order valence-corrected chi connectivity index (χ0v) is 7.64. The van der Waals surface area contributed by atoms with Gasteiger partial charge in [-0.2, -0.15) is 0 Å². The number of anilines is 1. The number of nitrogens with zero attached hydrogens (tertiary/aromatic N) is 3. The first-order valence-corrected chi connectivity index (χ1v) is 4.57. The summed E-state index contributed by atoms with van der Waals surface area (Å²) in [6.45, 7) is 0. The Morgan fingerprint density at radius 3 is 2.86 bits per heavy atom. The highest BCUT2D eigenvalue weighted by molar-refractivity contribution is 5.41. The van der Waals surface area contributed by atoms with E-state index in [1.165, 1.54) is 0 Å². The van der Waals surface area contributed by atoms with Gasteiger partial charge in [-0.1, -0.05) is 0 Å². The first kappa shape index (κ1) is 7.75. The van der Waals surface area contributed by atoms with Gasteiger partial charge in [0.05, 0.1) is 23.1 Å². The number of rotatable bonds is 1. The number of hydrogen-bond acceptors (Lipinski definition) is 4. The van der Waals surface area contributed by atoms with Crippen molar-refractivity contribution in [3.63, 3.8) is 0 Å². The largest absolute Gasteiger partial charge is 0.396 e. The molecule has 0 unspecified atom stereocenters. The molecule has 2 heterocycles. The molecule has 0 spiro atoms. The third kappa shape index (κ3) is 0.990. The lowest BCUT2D eigenvalue weighted by atomic mass is 10.2. The van der Waals surface area contributed by atoms with Crippen molar-refractivity contribution in [2.24, 2.45) is 5.73 Å². The van der Waals surface area contributed by atoms with Crippen LogP contribution in [0.3, 0.4) is 0 Å². The average Bonchev–Trinajstić information content (AvgIpc) is 2.77. The topological polar surface area (TPSA) is 82.2 Å². The second kappa shape index (κ2) is 2.24.